The molecule has 1 saturated carbocycles. The number of carbonyl (C=O) groups excluding carboxylic acids is 1. The number of piperidine rings is 1. The van der Waals surface area contributed by atoms with Crippen LogP contribution >= 0.6 is 0 Å². The minimum absolute atomic E-state index is 0.0207. The number of hydrogen-bond acceptors (Lipinski definition) is 8. The van der Waals surface area contributed by atoms with E-state index in [1.54, 1.807) is 24.3 Å². The van der Waals surface area contributed by atoms with Crippen molar-refractivity contribution in [1.29, 1.82) is 0 Å². The largest absolute Gasteiger partial charge is 0.497 e. The Labute approximate surface area is 259 Å². The van der Waals surface area contributed by atoms with E-state index in [0.29, 0.717) is 17.1 Å². The third-order valence-electron chi connectivity index (χ3n) is 8.52. The molecule has 13 heteroatoms. The van der Waals surface area contributed by atoms with Gasteiger partial charge in [0.05, 0.1) is 31.5 Å². The molecule has 1 amide bonds. The van der Waals surface area contributed by atoms with Gasteiger partial charge < -0.3 is 30.7 Å². The lowest BCUT2D eigenvalue weighted by molar-refractivity contribution is -0.156. The zero-order chi connectivity index (χ0) is 32.1. The Morgan fingerprint density at radius 2 is 1.78 bits per heavy atom. The molecule has 1 aliphatic carbocycles. The predicted molar refractivity (Wildman–Crippen MR) is 164 cm³/mol. The summed E-state index contributed by atoms with van der Waals surface area (Å²) in [6.45, 7) is -0.0116. The van der Waals surface area contributed by atoms with Crippen LogP contribution in [0.4, 0.5) is 35.0 Å². The average molecular weight is 631 g/mol. The number of benzene rings is 2. The van der Waals surface area contributed by atoms with Gasteiger partial charge in [-0.1, -0.05) is 25.3 Å². The lowest BCUT2D eigenvalue weighted by atomic mass is 9.90. The Morgan fingerprint density at radius 1 is 1.00 bits per heavy atom. The molecule has 2 aromatic carbocycles. The lowest BCUT2D eigenvalue weighted by Gasteiger charge is -2.41. The SMILES string of the molecule is COc1ccc(CNc2nc(-c3ccc(N)c(F)c3)cc(N3CC(C(=O)NC4CCCCC4)CCC3C(F)(F)F)n2)c(OC)c1. The molecule has 1 aromatic heterocycles. The zero-order valence-corrected chi connectivity index (χ0v) is 25.3. The maximum atomic E-state index is 14.5. The Morgan fingerprint density at radius 3 is 2.47 bits per heavy atom. The van der Waals surface area contributed by atoms with Crippen molar-refractivity contribution < 1.29 is 31.8 Å². The van der Waals surface area contributed by atoms with Crippen LogP contribution in [-0.2, 0) is 11.3 Å². The van der Waals surface area contributed by atoms with Gasteiger partial charge in [0, 0.05) is 42.4 Å². The molecule has 0 bridgehead atoms. The van der Waals surface area contributed by atoms with E-state index in [0.717, 1.165) is 42.6 Å². The summed E-state index contributed by atoms with van der Waals surface area (Å²) >= 11 is 0. The van der Waals surface area contributed by atoms with Crippen LogP contribution in [0, 0.1) is 11.7 Å². The number of alkyl halides is 3. The lowest BCUT2D eigenvalue weighted by Crippen LogP contribution is -2.55. The third kappa shape index (κ3) is 7.69. The van der Waals surface area contributed by atoms with Crippen molar-refractivity contribution in [1.82, 2.24) is 15.3 Å². The van der Waals surface area contributed by atoms with Gasteiger partial charge in [-0.15, -0.1) is 0 Å². The number of aromatic nitrogens is 2. The molecule has 9 nitrogen and oxygen atoms in total. The minimum atomic E-state index is -4.58. The van der Waals surface area contributed by atoms with Crippen LogP contribution in [-0.4, -0.2) is 54.9 Å². The maximum Gasteiger partial charge on any atom is 0.408 e. The fourth-order valence-corrected chi connectivity index (χ4v) is 6.01. The minimum Gasteiger partial charge on any atom is -0.497 e. The fraction of sp³-hybridized carbons (Fsp3) is 0.469. The van der Waals surface area contributed by atoms with Crippen molar-refractivity contribution in [3.63, 3.8) is 0 Å². The molecule has 2 heterocycles. The zero-order valence-electron chi connectivity index (χ0n) is 25.3. The van der Waals surface area contributed by atoms with Crippen molar-refractivity contribution in [3.8, 4) is 22.8 Å². The van der Waals surface area contributed by atoms with E-state index >= 15 is 0 Å². The molecular weight excluding hydrogens is 592 g/mol. The smallest absolute Gasteiger partial charge is 0.408 e. The van der Waals surface area contributed by atoms with Crippen LogP contribution in [0.15, 0.2) is 42.5 Å². The average Bonchev–Trinajstić information content (AvgIpc) is 3.04. The highest BCUT2D eigenvalue weighted by Crippen LogP contribution is 2.38. The first-order chi connectivity index (χ1) is 21.5. The van der Waals surface area contributed by atoms with Crippen LogP contribution in [0.3, 0.4) is 0 Å². The van der Waals surface area contributed by atoms with Crippen LogP contribution in [0.5, 0.6) is 11.5 Å². The van der Waals surface area contributed by atoms with Crippen molar-refractivity contribution in [2.75, 3.05) is 36.7 Å². The summed E-state index contributed by atoms with van der Waals surface area (Å²) in [6, 6.07) is 8.89. The third-order valence-corrected chi connectivity index (χ3v) is 8.52. The maximum absolute atomic E-state index is 14.5. The Balaban J connectivity index is 1.49. The van der Waals surface area contributed by atoms with E-state index in [-0.39, 0.29) is 61.0 Å². The number of ether oxygens (including phenoxy) is 2. The Kier molecular flexibility index (Phi) is 9.83. The Hall–Kier alpha value is -4.29. The summed E-state index contributed by atoms with van der Waals surface area (Å²) in [7, 11) is 3.05. The van der Waals surface area contributed by atoms with Crippen molar-refractivity contribution in [2.45, 2.75) is 69.8 Å². The van der Waals surface area contributed by atoms with Gasteiger partial charge in [0.1, 0.15) is 29.2 Å². The van der Waals surface area contributed by atoms with E-state index in [1.807, 2.05) is 0 Å². The molecule has 2 unspecified atom stereocenters. The quantitative estimate of drug-likeness (QED) is 0.192. The molecule has 2 fully saturated rings. The second kappa shape index (κ2) is 13.8. The van der Waals surface area contributed by atoms with Gasteiger partial charge in [-0.05, 0) is 49.9 Å². The molecule has 1 saturated heterocycles. The number of amides is 1. The number of methoxy groups -OCH3 is 2. The van der Waals surface area contributed by atoms with E-state index in [1.165, 1.54) is 32.4 Å². The highest BCUT2D eigenvalue weighted by Gasteiger charge is 2.48. The van der Waals surface area contributed by atoms with Crippen molar-refractivity contribution in [3.05, 3.63) is 53.8 Å². The number of nitrogens with zero attached hydrogens (tertiary/aromatic N) is 3. The van der Waals surface area contributed by atoms with Crippen molar-refractivity contribution >= 4 is 23.4 Å². The number of anilines is 3. The number of hydrogen-bond donors (Lipinski definition) is 3. The molecule has 242 valence electrons. The first-order valence-electron chi connectivity index (χ1n) is 15.1. The highest BCUT2D eigenvalue weighted by atomic mass is 19.4. The summed E-state index contributed by atoms with van der Waals surface area (Å²) in [6.07, 6.45) is 0.150. The standard InChI is InChI=1S/C32H38F4N6O3/c1-44-23-11-8-20(27(15-23)45-2)17-38-31-40-26(19-9-12-25(37)24(33)14-19)16-29(41-31)42-18-21(10-13-28(42)32(34,35)36)30(43)39-22-6-4-3-5-7-22/h8-9,11-12,14-16,21-22,28H,3-7,10,13,17-18,37H2,1-2H3,(H,39,43)(H,38,40,41). The number of nitrogen functional groups attached to an aromatic ring is 1. The molecule has 2 atom stereocenters. The van der Waals surface area contributed by atoms with Gasteiger partial charge in [-0.25, -0.2) is 9.37 Å². The first-order valence-corrected chi connectivity index (χ1v) is 15.1. The molecule has 1 aliphatic heterocycles. The number of carbonyl (C=O) groups is 1. The van der Waals surface area contributed by atoms with Gasteiger partial charge in [-0.3, -0.25) is 4.79 Å². The summed E-state index contributed by atoms with van der Waals surface area (Å²) in [5, 5.41) is 6.15. The molecular formula is C32H38F4N6O3. The number of nitrogens with one attached hydrogen (secondary N) is 2. The summed E-state index contributed by atoms with van der Waals surface area (Å²) in [5.41, 5.74) is 6.82. The summed E-state index contributed by atoms with van der Waals surface area (Å²) in [4.78, 5) is 23.4. The van der Waals surface area contributed by atoms with Gasteiger partial charge in [0.25, 0.3) is 0 Å². The molecule has 4 N–H and O–H groups in total. The normalized spacial score (nSPS) is 19.2. The van der Waals surface area contributed by atoms with Crippen LogP contribution in [0.1, 0.15) is 50.5 Å². The van der Waals surface area contributed by atoms with Crippen LogP contribution in [0.25, 0.3) is 11.3 Å². The second-order valence-corrected chi connectivity index (χ2v) is 11.5. The van der Waals surface area contributed by atoms with Gasteiger partial charge in [0.15, 0.2) is 0 Å². The van der Waals surface area contributed by atoms with Crippen LogP contribution in [0.2, 0.25) is 0 Å². The highest BCUT2D eigenvalue weighted by molar-refractivity contribution is 5.80. The molecule has 3 aromatic rings. The summed E-state index contributed by atoms with van der Waals surface area (Å²) in [5.74, 6) is -0.474. The number of rotatable bonds is 9. The van der Waals surface area contributed by atoms with Crippen LogP contribution < -0.4 is 30.7 Å². The fourth-order valence-electron chi connectivity index (χ4n) is 6.01. The molecule has 0 spiro atoms. The van der Waals surface area contributed by atoms with E-state index in [4.69, 9.17) is 15.2 Å². The van der Waals surface area contributed by atoms with E-state index in [9.17, 15) is 22.4 Å². The van der Waals surface area contributed by atoms with Gasteiger partial charge in [0.2, 0.25) is 11.9 Å². The monoisotopic (exact) mass is 630 g/mol. The first kappa shape index (κ1) is 32.1. The second-order valence-electron chi connectivity index (χ2n) is 11.5. The van der Waals surface area contributed by atoms with Crippen molar-refractivity contribution in [2.24, 2.45) is 5.92 Å². The molecule has 45 heavy (non-hydrogen) atoms. The van der Waals surface area contributed by atoms with E-state index < -0.39 is 24.0 Å². The van der Waals surface area contributed by atoms with E-state index in [2.05, 4.69) is 20.6 Å². The predicted octanol–water partition coefficient (Wildman–Crippen LogP) is 6.09. The summed E-state index contributed by atoms with van der Waals surface area (Å²) < 4.78 is 68.5. The molecule has 0 radical (unpaired) electrons. The molecule has 2 aliphatic rings. The van der Waals surface area contributed by atoms with Gasteiger partial charge >= 0.3 is 6.18 Å². The van der Waals surface area contributed by atoms with Gasteiger partial charge in [-0.2, -0.15) is 18.2 Å². The Bertz CT molecular complexity index is 1500. The number of halogens is 4. The topological polar surface area (TPSA) is 115 Å². The molecule has 5 rings (SSSR count). The number of nitrogens with two attached hydrogens (primary N) is 1.